The van der Waals surface area contributed by atoms with Crippen molar-refractivity contribution < 1.29 is 9.00 Å². The van der Waals surface area contributed by atoms with Gasteiger partial charge in [-0.1, -0.05) is 24.7 Å². The molecular formula is C11H16ClN5O2S2. The zero-order valence-electron chi connectivity index (χ0n) is 11.8. The maximum atomic E-state index is 12.3. The first-order chi connectivity index (χ1) is 10.1. The summed E-state index contributed by atoms with van der Waals surface area (Å²) in [6.45, 7) is 3.09. The standard InChI is InChI=1S/C11H16ClN5O2S2/c1-3-4-5-13-8-6-16(7-12)11(18)17(8)9-14-15-10(20-9)21(2)19/h3-7H2,1-2H3. The number of aromatic nitrogens is 2. The van der Waals surface area contributed by atoms with Crippen molar-refractivity contribution in [3.63, 3.8) is 0 Å². The molecule has 116 valence electrons. The van der Waals surface area contributed by atoms with Crippen molar-refractivity contribution in [1.29, 1.82) is 0 Å². The van der Waals surface area contributed by atoms with Crippen molar-refractivity contribution in [3.05, 3.63) is 0 Å². The monoisotopic (exact) mass is 349 g/mol. The van der Waals surface area contributed by atoms with Gasteiger partial charge in [-0.3, -0.25) is 9.20 Å². The van der Waals surface area contributed by atoms with Gasteiger partial charge in [0.1, 0.15) is 5.84 Å². The molecule has 7 nitrogen and oxygen atoms in total. The number of urea groups is 1. The third-order valence-electron chi connectivity index (χ3n) is 2.84. The van der Waals surface area contributed by atoms with E-state index in [1.54, 1.807) is 0 Å². The lowest BCUT2D eigenvalue weighted by molar-refractivity contribution is 0.227. The molecule has 2 heterocycles. The number of hydrogen-bond donors (Lipinski definition) is 0. The van der Waals surface area contributed by atoms with Crippen LogP contribution in [0.3, 0.4) is 0 Å². The molecule has 0 aromatic carbocycles. The summed E-state index contributed by atoms with van der Waals surface area (Å²) in [5, 5.41) is 8.17. The van der Waals surface area contributed by atoms with Gasteiger partial charge in [0.2, 0.25) is 9.47 Å². The minimum atomic E-state index is -1.22. The Hall–Kier alpha value is -1.06. The summed E-state index contributed by atoms with van der Waals surface area (Å²) in [6, 6.07) is -0.183. The predicted octanol–water partition coefficient (Wildman–Crippen LogP) is 1.91. The van der Waals surface area contributed by atoms with Crippen LogP contribution in [0.2, 0.25) is 0 Å². The lowest BCUT2D eigenvalue weighted by Gasteiger charge is -2.12. The Labute approximate surface area is 134 Å². The van der Waals surface area contributed by atoms with E-state index in [2.05, 4.69) is 22.1 Å². The molecule has 10 heteroatoms. The van der Waals surface area contributed by atoms with Crippen LogP contribution in [0.15, 0.2) is 9.33 Å². The highest BCUT2D eigenvalue weighted by Gasteiger charge is 2.37. The maximum absolute atomic E-state index is 12.3. The van der Waals surface area contributed by atoms with E-state index in [1.807, 2.05) is 0 Å². The average Bonchev–Trinajstić information content (AvgIpc) is 3.04. The van der Waals surface area contributed by atoms with E-state index in [4.69, 9.17) is 11.6 Å². The molecule has 1 aliphatic heterocycles. The summed E-state index contributed by atoms with van der Waals surface area (Å²) >= 11 is 6.91. The number of nitrogens with zero attached hydrogens (tertiary/aromatic N) is 5. The van der Waals surface area contributed by atoms with E-state index in [9.17, 15) is 9.00 Å². The normalized spacial score (nSPS) is 18.8. The molecule has 1 unspecified atom stereocenters. The first-order valence-corrected chi connectivity index (χ1v) is 9.34. The Morgan fingerprint density at radius 3 is 2.81 bits per heavy atom. The van der Waals surface area contributed by atoms with Crippen LogP contribution in [-0.2, 0) is 10.8 Å². The lowest BCUT2D eigenvalue weighted by Crippen LogP contribution is -2.32. The van der Waals surface area contributed by atoms with E-state index in [1.165, 1.54) is 16.1 Å². The summed E-state index contributed by atoms with van der Waals surface area (Å²) in [4.78, 5) is 19.6. The Balaban J connectivity index is 2.28. The highest BCUT2D eigenvalue weighted by molar-refractivity contribution is 7.86. The SMILES string of the molecule is CCCCN=C1CN(CCl)C(=O)N1c1nnc(S(C)=O)s1. The van der Waals surface area contributed by atoms with Gasteiger partial charge >= 0.3 is 6.03 Å². The molecule has 2 rings (SSSR count). The van der Waals surface area contributed by atoms with Crippen molar-refractivity contribution in [2.24, 2.45) is 4.99 Å². The molecule has 1 aromatic rings. The molecule has 0 aliphatic carbocycles. The Morgan fingerprint density at radius 1 is 1.48 bits per heavy atom. The first kappa shape index (κ1) is 16.3. The number of anilines is 1. The van der Waals surface area contributed by atoms with Gasteiger partial charge in [0, 0.05) is 12.8 Å². The summed E-state index contributed by atoms with van der Waals surface area (Å²) in [7, 11) is -1.22. The number of alkyl halides is 1. The first-order valence-electron chi connectivity index (χ1n) is 6.43. The van der Waals surface area contributed by atoms with Crippen LogP contribution in [0.4, 0.5) is 9.93 Å². The zero-order valence-corrected chi connectivity index (χ0v) is 14.2. The fourth-order valence-electron chi connectivity index (χ4n) is 1.74. The molecule has 1 aromatic heterocycles. The van der Waals surface area contributed by atoms with Crippen LogP contribution in [0.25, 0.3) is 0 Å². The second kappa shape index (κ2) is 7.28. The van der Waals surface area contributed by atoms with Gasteiger partial charge in [-0.25, -0.2) is 9.69 Å². The van der Waals surface area contributed by atoms with Crippen LogP contribution in [0.5, 0.6) is 0 Å². The Morgan fingerprint density at radius 2 is 2.24 bits per heavy atom. The largest absolute Gasteiger partial charge is 0.333 e. The fraction of sp³-hybridized carbons (Fsp3) is 0.636. The number of aliphatic imine (C=N–C) groups is 1. The second-order valence-corrected chi connectivity index (χ2v) is 7.14. The van der Waals surface area contributed by atoms with Crippen molar-refractivity contribution in [2.45, 2.75) is 24.1 Å². The van der Waals surface area contributed by atoms with Crippen LogP contribution in [0, 0.1) is 0 Å². The number of rotatable bonds is 6. The van der Waals surface area contributed by atoms with Gasteiger partial charge in [-0.05, 0) is 6.42 Å². The van der Waals surface area contributed by atoms with Crippen molar-refractivity contribution in [2.75, 3.05) is 30.2 Å². The fourth-order valence-corrected chi connectivity index (χ4v) is 3.37. The van der Waals surface area contributed by atoms with E-state index in [0.29, 0.717) is 28.4 Å². The highest BCUT2D eigenvalue weighted by Crippen LogP contribution is 2.27. The number of amidine groups is 1. The van der Waals surface area contributed by atoms with Gasteiger partial charge in [0.15, 0.2) is 0 Å². The minimum absolute atomic E-state index is 0.0908. The lowest BCUT2D eigenvalue weighted by atomic mass is 10.3. The van der Waals surface area contributed by atoms with Crippen molar-refractivity contribution in [3.8, 4) is 0 Å². The summed E-state index contributed by atoms with van der Waals surface area (Å²) < 4.78 is 11.8. The topological polar surface area (TPSA) is 78.8 Å². The highest BCUT2D eigenvalue weighted by atomic mass is 35.5. The van der Waals surface area contributed by atoms with Gasteiger partial charge in [0.05, 0.1) is 23.3 Å². The minimum Gasteiger partial charge on any atom is -0.303 e. The number of amides is 2. The number of carbonyl (C=O) groups is 1. The van der Waals surface area contributed by atoms with E-state index in [0.717, 1.165) is 24.2 Å². The van der Waals surface area contributed by atoms with E-state index in [-0.39, 0.29) is 12.0 Å². The molecule has 1 atom stereocenters. The molecular weight excluding hydrogens is 334 g/mol. The van der Waals surface area contributed by atoms with Crippen LogP contribution < -0.4 is 4.90 Å². The molecule has 0 radical (unpaired) electrons. The van der Waals surface area contributed by atoms with E-state index < -0.39 is 10.8 Å². The van der Waals surface area contributed by atoms with E-state index >= 15 is 0 Å². The Kier molecular flexibility index (Phi) is 5.65. The average molecular weight is 350 g/mol. The van der Waals surface area contributed by atoms with Gasteiger partial charge < -0.3 is 4.90 Å². The number of unbranched alkanes of at least 4 members (excludes halogenated alkanes) is 1. The Bertz CT molecular complexity index is 577. The maximum Gasteiger partial charge on any atom is 0.333 e. The molecule has 2 amide bonds. The molecule has 1 fully saturated rings. The third kappa shape index (κ3) is 3.58. The van der Waals surface area contributed by atoms with Gasteiger partial charge in [-0.15, -0.1) is 21.8 Å². The van der Waals surface area contributed by atoms with Crippen LogP contribution in [-0.4, -0.2) is 56.5 Å². The van der Waals surface area contributed by atoms with Gasteiger partial charge in [0.25, 0.3) is 0 Å². The third-order valence-corrected chi connectivity index (χ3v) is 5.35. The molecule has 0 spiro atoms. The number of hydrogen-bond acceptors (Lipinski definition) is 6. The van der Waals surface area contributed by atoms with Gasteiger partial charge in [-0.2, -0.15) is 0 Å². The van der Waals surface area contributed by atoms with Crippen LogP contribution in [0.1, 0.15) is 19.8 Å². The summed E-state index contributed by atoms with van der Waals surface area (Å²) in [5.41, 5.74) is 0. The smallest absolute Gasteiger partial charge is 0.303 e. The molecule has 21 heavy (non-hydrogen) atoms. The number of halogens is 1. The molecule has 0 bridgehead atoms. The van der Waals surface area contributed by atoms with Crippen molar-refractivity contribution >= 4 is 50.7 Å². The number of carbonyl (C=O) groups excluding carboxylic acids is 1. The zero-order chi connectivity index (χ0) is 15.4. The molecule has 0 N–H and O–H groups in total. The molecule has 0 saturated carbocycles. The predicted molar refractivity (Wildman–Crippen MR) is 84.8 cm³/mol. The molecule has 1 saturated heterocycles. The summed E-state index contributed by atoms with van der Waals surface area (Å²) in [6.07, 6.45) is 3.51. The summed E-state index contributed by atoms with van der Waals surface area (Å²) in [5.74, 6) is 0.610. The molecule has 1 aliphatic rings. The van der Waals surface area contributed by atoms with Crippen LogP contribution >= 0.6 is 22.9 Å². The quantitative estimate of drug-likeness (QED) is 0.340. The van der Waals surface area contributed by atoms with Crippen molar-refractivity contribution in [1.82, 2.24) is 15.1 Å². The second-order valence-electron chi connectivity index (χ2n) is 4.39.